The summed E-state index contributed by atoms with van der Waals surface area (Å²) in [5.74, 6) is 0. The van der Waals surface area contributed by atoms with Crippen LogP contribution in [0.3, 0.4) is 0 Å². The molecule has 2 aromatic rings. The zero-order valence-electron chi connectivity index (χ0n) is 9.84. The summed E-state index contributed by atoms with van der Waals surface area (Å²) < 4.78 is 0. The van der Waals surface area contributed by atoms with E-state index in [9.17, 15) is 4.79 Å². The fraction of sp³-hybridized carbons (Fsp3) is 0.0714. The standard InChI is InChI=1S/C14H11N3O/c1-8-2-4-9(5-3-8)12-10(15)6-7-11-13(12)17-14(18)16-11/h2-7H,15H2,1H3. The number of carbonyl (C=O) groups excluding carboxylic acids is 1. The lowest BCUT2D eigenvalue weighted by Crippen LogP contribution is -2.25. The van der Waals surface area contributed by atoms with Crippen LogP contribution in [0.1, 0.15) is 5.56 Å². The number of benzene rings is 2. The van der Waals surface area contributed by atoms with Gasteiger partial charge in [-0.25, -0.2) is 4.79 Å². The Kier molecular flexibility index (Phi) is 2.23. The lowest BCUT2D eigenvalue weighted by molar-refractivity contribution is 0.256. The molecule has 0 spiro atoms. The van der Waals surface area contributed by atoms with E-state index >= 15 is 0 Å². The van der Waals surface area contributed by atoms with Gasteiger partial charge in [-0.1, -0.05) is 29.8 Å². The maximum Gasteiger partial charge on any atom is 0.368 e. The minimum Gasteiger partial charge on any atom is -0.398 e. The third kappa shape index (κ3) is 1.59. The van der Waals surface area contributed by atoms with E-state index in [4.69, 9.17) is 5.73 Å². The summed E-state index contributed by atoms with van der Waals surface area (Å²) in [5, 5.41) is 1.16. The second-order valence-electron chi connectivity index (χ2n) is 4.27. The number of hydrogen-bond acceptors (Lipinski definition) is 2. The molecule has 1 aliphatic rings. The number of rotatable bonds is 1. The maximum atomic E-state index is 11.3. The number of aryl methyl sites for hydroxylation is 1. The first-order valence-electron chi connectivity index (χ1n) is 5.62. The van der Waals surface area contributed by atoms with Gasteiger partial charge in [-0.05, 0) is 24.6 Å². The Bertz CT molecular complexity index is 761. The molecule has 88 valence electrons. The molecule has 0 radical (unpaired) electrons. The van der Waals surface area contributed by atoms with Crippen LogP contribution in [0.5, 0.6) is 0 Å². The van der Waals surface area contributed by atoms with E-state index in [1.54, 1.807) is 12.1 Å². The molecule has 0 saturated carbocycles. The van der Waals surface area contributed by atoms with Crippen molar-refractivity contribution in [1.82, 2.24) is 0 Å². The van der Waals surface area contributed by atoms with Crippen molar-refractivity contribution in [1.29, 1.82) is 0 Å². The van der Waals surface area contributed by atoms with Gasteiger partial charge in [0.1, 0.15) is 5.36 Å². The van der Waals surface area contributed by atoms with Crippen molar-refractivity contribution in [3.05, 3.63) is 52.7 Å². The monoisotopic (exact) mass is 237 g/mol. The molecule has 2 aromatic carbocycles. The molecule has 0 saturated heterocycles. The highest BCUT2D eigenvalue weighted by atomic mass is 16.2. The van der Waals surface area contributed by atoms with Crippen LogP contribution in [0, 0.1) is 6.92 Å². The molecular formula is C14H11N3O. The fourth-order valence-corrected chi connectivity index (χ4v) is 2.05. The Labute approximate surface area is 104 Å². The van der Waals surface area contributed by atoms with Crippen molar-refractivity contribution in [2.45, 2.75) is 6.92 Å². The predicted molar refractivity (Wildman–Crippen MR) is 68.7 cm³/mol. The van der Waals surface area contributed by atoms with Crippen LogP contribution in [0.25, 0.3) is 11.1 Å². The van der Waals surface area contributed by atoms with Gasteiger partial charge in [0.05, 0.1) is 5.36 Å². The molecule has 0 aromatic heterocycles. The molecule has 2 N–H and O–H groups in total. The highest BCUT2D eigenvalue weighted by molar-refractivity contribution is 5.82. The van der Waals surface area contributed by atoms with Crippen LogP contribution < -0.4 is 16.4 Å². The molecule has 2 amide bonds. The lowest BCUT2D eigenvalue weighted by atomic mass is 10.0. The summed E-state index contributed by atoms with van der Waals surface area (Å²) >= 11 is 0. The van der Waals surface area contributed by atoms with Crippen LogP contribution in [0.2, 0.25) is 0 Å². The van der Waals surface area contributed by atoms with E-state index in [2.05, 4.69) is 9.98 Å². The second kappa shape index (κ2) is 3.77. The smallest absolute Gasteiger partial charge is 0.368 e. The molecule has 3 rings (SSSR count). The van der Waals surface area contributed by atoms with Crippen LogP contribution in [-0.4, -0.2) is 6.03 Å². The average molecular weight is 237 g/mol. The predicted octanol–water partition coefficient (Wildman–Crippen LogP) is 1.62. The molecule has 0 aliphatic carbocycles. The minimum atomic E-state index is -0.469. The number of nitrogen functional groups attached to an aromatic ring is 1. The van der Waals surface area contributed by atoms with Gasteiger partial charge >= 0.3 is 6.03 Å². The van der Waals surface area contributed by atoms with E-state index in [0.29, 0.717) is 16.4 Å². The van der Waals surface area contributed by atoms with E-state index in [0.717, 1.165) is 11.1 Å². The SMILES string of the molecule is Cc1ccc(-c2c(N)ccc3c2=NC(=O)N=3)cc1. The molecule has 0 unspecified atom stereocenters. The van der Waals surface area contributed by atoms with E-state index in [-0.39, 0.29) is 0 Å². The van der Waals surface area contributed by atoms with Crippen molar-refractivity contribution in [3.63, 3.8) is 0 Å². The van der Waals surface area contributed by atoms with E-state index in [1.165, 1.54) is 5.56 Å². The van der Waals surface area contributed by atoms with Gasteiger partial charge < -0.3 is 5.73 Å². The number of hydrogen-bond donors (Lipinski definition) is 1. The normalized spacial score (nSPS) is 12.8. The summed E-state index contributed by atoms with van der Waals surface area (Å²) in [6.07, 6.45) is 0. The third-order valence-electron chi connectivity index (χ3n) is 2.95. The molecule has 0 atom stereocenters. The van der Waals surface area contributed by atoms with Gasteiger partial charge in [-0.2, -0.15) is 9.98 Å². The summed E-state index contributed by atoms with van der Waals surface area (Å²) in [4.78, 5) is 19.0. The zero-order valence-corrected chi connectivity index (χ0v) is 9.84. The van der Waals surface area contributed by atoms with Crippen LogP contribution in [0.4, 0.5) is 10.5 Å². The van der Waals surface area contributed by atoms with Gasteiger partial charge in [0, 0.05) is 11.3 Å². The Hall–Kier alpha value is -2.49. The highest BCUT2D eigenvalue weighted by Crippen LogP contribution is 2.21. The largest absolute Gasteiger partial charge is 0.398 e. The summed E-state index contributed by atoms with van der Waals surface area (Å²) in [6.45, 7) is 2.02. The number of carbonyl (C=O) groups is 1. The quantitative estimate of drug-likeness (QED) is 0.766. The lowest BCUT2D eigenvalue weighted by Gasteiger charge is -2.05. The molecule has 1 aliphatic heterocycles. The van der Waals surface area contributed by atoms with Crippen molar-refractivity contribution >= 4 is 11.7 Å². The second-order valence-corrected chi connectivity index (χ2v) is 4.27. The summed E-state index contributed by atoms with van der Waals surface area (Å²) in [7, 11) is 0. The summed E-state index contributed by atoms with van der Waals surface area (Å²) in [6, 6.07) is 11.0. The molecule has 0 bridgehead atoms. The van der Waals surface area contributed by atoms with Gasteiger partial charge in [0.15, 0.2) is 0 Å². The molecular weight excluding hydrogens is 226 g/mol. The first kappa shape index (κ1) is 10.7. The van der Waals surface area contributed by atoms with Gasteiger partial charge in [0.25, 0.3) is 0 Å². The Morgan fingerprint density at radius 2 is 1.72 bits per heavy atom. The first-order chi connectivity index (χ1) is 8.65. The van der Waals surface area contributed by atoms with Crippen LogP contribution >= 0.6 is 0 Å². The maximum absolute atomic E-state index is 11.3. The van der Waals surface area contributed by atoms with E-state index < -0.39 is 6.03 Å². The number of nitrogens with zero attached hydrogens (tertiary/aromatic N) is 2. The van der Waals surface area contributed by atoms with Crippen molar-refractivity contribution < 1.29 is 4.79 Å². The van der Waals surface area contributed by atoms with Gasteiger partial charge in [0.2, 0.25) is 0 Å². The Morgan fingerprint density at radius 1 is 1.00 bits per heavy atom. The average Bonchev–Trinajstić information content (AvgIpc) is 2.71. The third-order valence-corrected chi connectivity index (χ3v) is 2.95. The molecule has 4 heteroatoms. The van der Waals surface area contributed by atoms with E-state index in [1.807, 2.05) is 31.2 Å². The number of fused-ring (bicyclic) bond motifs is 1. The van der Waals surface area contributed by atoms with Gasteiger partial charge in [-0.3, -0.25) is 0 Å². The van der Waals surface area contributed by atoms with Crippen LogP contribution in [-0.2, 0) is 0 Å². The minimum absolute atomic E-state index is 0.469. The Morgan fingerprint density at radius 3 is 2.44 bits per heavy atom. The Balaban J connectivity index is 2.35. The van der Waals surface area contributed by atoms with Gasteiger partial charge in [-0.15, -0.1) is 0 Å². The molecule has 18 heavy (non-hydrogen) atoms. The number of urea groups is 1. The number of anilines is 1. The topological polar surface area (TPSA) is 67.8 Å². The number of nitrogens with two attached hydrogens (primary N) is 1. The van der Waals surface area contributed by atoms with Crippen molar-refractivity contribution in [2.75, 3.05) is 5.73 Å². The molecule has 4 nitrogen and oxygen atoms in total. The zero-order chi connectivity index (χ0) is 12.7. The number of amides is 2. The molecule has 1 heterocycles. The van der Waals surface area contributed by atoms with Crippen molar-refractivity contribution in [3.8, 4) is 11.1 Å². The fourth-order valence-electron chi connectivity index (χ4n) is 2.05. The van der Waals surface area contributed by atoms with Crippen LogP contribution in [0.15, 0.2) is 46.4 Å². The summed E-state index contributed by atoms with van der Waals surface area (Å²) in [5.41, 5.74) is 9.50. The molecule has 0 fully saturated rings. The van der Waals surface area contributed by atoms with Crippen molar-refractivity contribution in [2.24, 2.45) is 9.98 Å². The first-order valence-corrected chi connectivity index (χ1v) is 5.62. The highest BCUT2D eigenvalue weighted by Gasteiger charge is 2.13.